The molecule has 1 aliphatic heterocycles. The maximum atomic E-state index is 5.65. The number of halogens is 1. The second-order valence-electron chi connectivity index (χ2n) is 2.65. The fraction of sp³-hybridized carbons (Fsp3) is 1.00. The second kappa shape index (κ2) is 4.47. The third kappa shape index (κ3) is 2.33. The highest BCUT2D eigenvalue weighted by Gasteiger charge is 2.16. The molecule has 1 unspecified atom stereocenters. The standard InChI is InChI=1S/C7H14ClNS/c1-7-6-10-5-4-9(7)3-2-8/h7H,2-6H2,1H3. The minimum atomic E-state index is 0.734. The molecule has 0 aromatic carbocycles. The Balaban J connectivity index is 2.25. The molecule has 1 heterocycles. The fourth-order valence-electron chi connectivity index (χ4n) is 1.20. The van der Waals surface area contributed by atoms with Gasteiger partial charge in [0.2, 0.25) is 0 Å². The Hall–Kier alpha value is 0.600. The summed E-state index contributed by atoms with van der Waals surface area (Å²) in [7, 11) is 0. The molecule has 1 rings (SSSR count). The van der Waals surface area contributed by atoms with Gasteiger partial charge in [-0.2, -0.15) is 11.8 Å². The quantitative estimate of drug-likeness (QED) is 0.594. The number of alkyl halides is 1. The Morgan fingerprint density at radius 1 is 1.70 bits per heavy atom. The van der Waals surface area contributed by atoms with Crippen LogP contribution in [-0.4, -0.2) is 41.4 Å². The van der Waals surface area contributed by atoms with Gasteiger partial charge in [-0.05, 0) is 6.92 Å². The summed E-state index contributed by atoms with van der Waals surface area (Å²) in [5.74, 6) is 3.33. The average Bonchev–Trinajstić information content (AvgIpc) is 1.94. The summed E-state index contributed by atoms with van der Waals surface area (Å²) in [6.45, 7) is 4.56. The summed E-state index contributed by atoms with van der Waals surface area (Å²) in [5.41, 5.74) is 0. The Morgan fingerprint density at radius 3 is 3.10 bits per heavy atom. The first-order chi connectivity index (χ1) is 4.84. The van der Waals surface area contributed by atoms with Crippen molar-refractivity contribution in [3.05, 3.63) is 0 Å². The Labute approximate surface area is 72.1 Å². The zero-order valence-corrected chi connectivity index (χ0v) is 7.92. The Bertz CT molecular complexity index is 97.6. The molecule has 1 atom stereocenters. The molecule has 0 aromatic rings. The van der Waals surface area contributed by atoms with E-state index in [1.165, 1.54) is 18.1 Å². The maximum Gasteiger partial charge on any atom is 0.0351 e. The highest BCUT2D eigenvalue weighted by Crippen LogP contribution is 2.15. The molecule has 1 saturated heterocycles. The summed E-state index contributed by atoms with van der Waals surface area (Å²) >= 11 is 7.70. The summed E-state index contributed by atoms with van der Waals surface area (Å²) in [5, 5.41) is 0. The number of hydrogen-bond acceptors (Lipinski definition) is 2. The van der Waals surface area contributed by atoms with E-state index in [9.17, 15) is 0 Å². The van der Waals surface area contributed by atoms with E-state index < -0.39 is 0 Å². The minimum absolute atomic E-state index is 0.734. The van der Waals surface area contributed by atoms with Gasteiger partial charge >= 0.3 is 0 Å². The van der Waals surface area contributed by atoms with Crippen LogP contribution < -0.4 is 0 Å². The van der Waals surface area contributed by atoms with Crippen molar-refractivity contribution in [3.8, 4) is 0 Å². The first-order valence-corrected chi connectivity index (χ1v) is 5.41. The summed E-state index contributed by atoms with van der Waals surface area (Å²) in [6.07, 6.45) is 0. The Kier molecular flexibility index (Phi) is 3.89. The number of thioether (sulfide) groups is 1. The molecule has 0 bridgehead atoms. The molecule has 1 fully saturated rings. The molecule has 0 saturated carbocycles. The van der Waals surface area contributed by atoms with Crippen molar-refractivity contribution >= 4 is 23.4 Å². The lowest BCUT2D eigenvalue weighted by molar-refractivity contribution is 0.247. The van der Waals surface area contributed by atoms with Gasteiger partial charge < -0.3 is 0 Å². The first-order valence-electron chi connectivity index (χ1n) is 3.72. The van der Waals surface area contributed by atoms with Crippen LogP contribution in [0.25, 0.3) is 0 Å². The summed E-state index contributed by atoms with van der Waals surface area (Å²) < 4.78 is 0. The highest BCUT2D eigenvalue weighted by molar-refractivity contribution is 7.99. The van der Waals surface area contributed by atoms with Crippen molar-refractivity contribution in [2.75, 3.05) is 30.5 Å². The molecular formula is C7H14ClNS. The lowest BCUT2D eigenvalue weighted by atomic mass is 10.3. The topological polar surface area (TPSA) is 3.24 Å². The monoisotopic (exact) mass is 179 g/mol. The van der Waals surface area contributed by atoms with Crippen LogP contribution >= 0.6 is 23.4 Å². The van der Waals surface area contributed by atoms with Crippen molar-refractivity contribution in [2.45, 2.75) is 13.0 Å². The summed E-state index contributed by atoms with van der Waals surface area (Å²) in [6, 6.07) is 0.734. The minimum Gasteiger partial charge on any atom is -0.298 e. The van der Waals surface area contributed by atoms with E-state index >= 15 is 0 Å². The van der Waals surface area contributed by atoms with Crippen molar-refractivity contribution in [2.24, 2.45) is 0 Å². The zero-order valence-electron chi connectivity index (χ0n) is 6.35. The molecule has 1 nitrogen and oxygen atoms in total. The molecule has 1 aliphatic rings. The summed E-state index contributed by atoms with van der Waals surface area (Å²) in [4.78, 5) is 2.46. The van der Waals surface area contributed by atoms with Crippen LogP contribution in [0.5, 0.6) is 0 Å². The molecule has 10 heavy (non-hydrogen) atoms. The van der Waals surface area contributed by atoms with Gasteiger partial charge in [-0.1, -0.05) is 0 Å². The van der Waals surface area contributed by atoms with E-state index in [0.29, 0.717) is 0 Å². The van der Waals surface area contributed by atoms with Crippen molar-refractivity contribution < 1.29 is 0 Å². The Morgan fingerprint density at radius 2 is 2.50 bits per heavy atom. The van der Waals surface area contributed by atoms with Gasteiger partial charge in [0.15, 0.2) is 0 Å². The van der Waals surface area contributed by atoms with E-state index in [4.69, 9.17) is 11.6 Å². The van der Waals surface area contributed by atoms with Gasteiger partial charge in [0.1, 0.15) is 0 Å². The number of rotatable bonds is 2. The van der Waals surface area contributed by atoms with Gasteiger partial charge in [-0.3, -0.25) is 4.90 Å². The average molecular weight is 180 g/mol. The number of hydrogen-bond donors (Lipinski definition) is 0. The van der Waals surface area contributed by atoms with E-state index in [1.807, 2.05) is 11.8 Å². The lowest BCUT2D eigenvalue weighted by Crippen LogP contribution is -2.41. The van der Waals surface area contributed by atoms with Crippen molar-refractivity contribution in [1.82, 2.24) is 4.90 Å². The van der Waals surface area contributed by atoms with E-state index in [2.05, 4.69) is 11.8 Å². The second-order valence-corrected chi connectivity index (χ2v) is 4.18. The van der Waals surface area contributed by atoms with Crippen molar-refractivity contribution in [1.29, 1.82) is 0 Å². The molecule has 0 amide bonds. The van der Waals surface area contributed by atoms with Crippen LogP contribution in [0, 0.1) is 0 Å². The van der Waals surface area contributed by atoms with Crippen LogP contribution in [-0.2, 0) is 0 Å². The third-order valence-electron chi connectivity index (χ3n) is 1.88. The molecule has 0 spiro atoms. The van der Waals surface area contributed by atoms with Gasteiger partial charge in [0, 0.05) is 36.5 Å². The van der Waals surface area contributed by atoms with Gasteiger partial charge in [0.05, 0.1) is 0 Å². The van der Waals surface area contributed by atoms with E-state index in [-0.39, 0.29) is 0 Å². The third-order valence-corrected chi connectivity index (χ3v) is 3.24. The molecule has 60 valence electrons. The predicted molar refractivity (Wildman–Crippen MR) is 49.1 cm³/mol. The smallest absolute Gasteiger partial charge is 0.0351 e. The zero-order chi connectivity index (χ0) is 7.40. The normalized spacial score (nSPS) is 28.8. The van der Waals surface area contributed by atoms with Crippen LogP contribution in [0.4, 0.5) is 0 Å². The molecule has 0 aliphatic carbocycles. The first kappa shape index (κ1) is 8.69. The van der Waals surface area contributed by atoms with Crippen LogP contribution in [0.3, 0.4) is 0 Å². The fourth-order valence-corrected chi connectivity index (χ4v) is 2.50. The molecule has 3 heteroatoms. The van der Waals surface area contributed by atoms with E-state index in [1.54, 1.807) is 0 Å². The molecular weight excluding hydrogens is 166 g/mol. The lowest BCUT2D eigenvalue weighted by Gasteiger charge is -2.32. The van der Waals surface area contributed by atoms with Gasteiger partial charge in [-0.15, -0.1) is 11.6 Å². The van der Waals surface area contributed by atoms with Crippen LogP contribution in [0.2, 0.25) is 0 Å². The molecule has 0 aromatic heterocycles. The largest absolute Gasteiger partial charge is 0.298 e. The highest BCUT2D eigenvalue weighted by atomic mass is 35.5. The molecule has 0 N–H and O–H groups in total. The van der Waals surface area contributed by atoms with Crippen molar-refractivity contribution in [3.63, 3.8) is 0 Å². The van der Waals surface area contributed by atoms with Gasteiger partial charge in [0.25, 0.3) is 0 Å². The molecule has 0 radical (unpaired) electrons. The number of nitrogens with zero attached hydrogens (tertiary/aromatic N) is 1. The van der Waals surface area contributed by atoms with E-state index in [0.717, 1.165) is 18.5 Å². The van der Waals surface area contributed by atoms with Gasteiger partial charge in [-0.25, -0.2) is 0 Å². The van der Waals surface area contributed by atoms with Crippen LogP contribution in [0.15, 0.2) is 0 Å². The maximum absolute atomic E-state index is 5.65. The van der Waals surface area contributed by atoms with Crippen LogP contribution in [0.1, 0.15) is 6.92 Å². The SMILES string of the molecule is CC1CSCCN1CCCl. The predicted octanol–water partition coefficient (Wildman–Crippen LogP) is 1.66.